The summed E-state index contributed by atoms with van der Waals surface area (Å²) in [5, 5.41) is 45.2. The van der Waals surface area contributed by atoms with Crippen molar-refractivity contribution in [2.75, 3.05) is 60.5 Å². The van der Waals surface area contributed by atoms with Crippen molar-refractivity contribution in [1.29, 1.82) is 0 Å². The topological polar surface area (TPSA) is 195 Å². The first-order valence-corrected chi connectivity index (χ1v) is 22.3. The number of ketones is 1. The minimum absolute atomic E-state index is 0.0218. The van der Waals surface area contributed by atoms with Gasteiger partial charge in [0.1, 0.15) is 36.3 Å². The number of aliphatic hydroxyl groups excluding tert-OH is 4. The summed E-state index contributed by atoms with van der Waals surface area (Å²) in [5.74, 6) is -2.34. The molecule has 1 aromatic rings. The molecule has 358 valence electrons. The average molecular weight is 893 g/mol. The number of carbonyl (C=O) groups is 2. The lowest BCUT2D eigenvalue weighted by Gasteiger charge is -2.46. The van der Waals surface area contributed by atoms with E-state index in [1.165, 1.54) is 20.3 Å². The molecule has 0 bridgehead atoms. The number of ether oxygens (including phenoxy) is 8. The van der Waals surface area contributed by atoms with Crippen molar-refractivity contribution in [3.05, 3.63) is 48.1 Å². The van der Waals surface area contributed by atoms with E-state index in [1.807, 2.05) is 70.1 Å². The minimum Gasteiger partial charge on any atom is -0.494 e. The second kappa shape index (κ2) is 24.5. The van der Waals surface area contributed by atoms with Crippen molar-refractivity contribution >= 4 is 17.4 Å². The molecule has 0 aliphatic carbocycles. The second-order valence-corrected chi connectivity index (χ2v) is 18.0. The highest BCUT2D eigenvalue weighted by atomic mass is 16.7. The molecule has 0 saturated carbocycles. The summed E-state index contributed by atoms with van der Waals surface area (Å²) < 4.78 is 48.7. The molecule has 0 radical (unpaired) electrons. The second-order valence-electron chi connectivity index (χ2n) is 18.0. The summed E-state index contributed by atoms with van der Waals surface area (Å²) >= 11 is 0. The number of esters is 1. The number of methoxy groups -OCH3 is 2. The summed E-state index contributed by atoms with van der Waals surface area (Å²) in [6.45, 7) is 11.0. The molecule has 0 aromatic heterocycles. The number of carbonyl (C=O) groups excluding carboxylic acids is 2. The highest BCUT2D eigenvalue weighted by Gasteiger charge is 2.48. The molecule has 2 saturated heterocycles. The van der Waals surface area contributed by atoms with Gasteiger partial charge in [-0.15, -0.1) is 0 Å². The molecule has 1 aromatic carbocycles. The van der Waals surface area contributed by atoms with Crippen molar-refractivity contribution in [3.8, 4) is 5.75 Å². The predicted molar refractivity (Wildman–Crippen MR) is 236 cm³/mol. The summed E-state index contributed by atoms with van der Waals surface area (Å²) in [5.41, 5.74) is 1.69. The Labute approximate surface area is 374 Å². The number of aliphatic hydroxyl groups is 4. The molecule has 4 rings (SSSR count). The van der Waals surface area contributed by atoms with Crippen LogP contribution in [-0.4, -0.2) is 172 Å². The fourth-order valence-corrected chi connectivity index (χ4v) is 8.87. The molecule has 2 fully saturated rings. The molecule has 4 N–H and O–H groups in total. The Morgan fingerprint density at radius 3 is 2.14 bits per heavy atom. The van der Waals surface area contributed by atoms with Gasteiger partial charge < -0.3 is 68.1 Å². The number of anilines is 1. The molecule has 0 amide bonds. The van der Waals surface area contributed by atoms with Crippen molar-refractivity contribution in [2.45, 2.75) is 147 Å². The summed E-state index contributed by atoms with van der Waals surface area (Å²) in [6.07, 6.45) is -5.13. The monoisotopic (exact) mass is 893 g/mol. The average Bonchev–Trinajstić information content (AvgIpc) is 3.24. The van der Waals surface area contributed by atoms with Gasteiger partial charge in [0.2, 0.25) is 0 Å². The van der Waals surface area contributed by atoms with E-state index in [-0.39, 0.29) is 25.4 Å². The van der Waals surface area contributed by atoms with Crippen LogP contribution in [0.2, 0.25) is 0 Å². The van der Waals surface area contributed by atoms with Gasteiger partial charge in [0.15, 0.2) is 18.4 Å². The molecule has 3 aliphatic heterocycles. The third kappa shape index (κ3) is 14.0. The van der Waals surface area contributed by atoms with Gasteiger partial charge in [-0.05, 0) is 78.3 Å². The number of hydrogen-bond donors (Lipinski definition) is 4. The van der Waals surface area contributed by atoms with Crippen LogP contribution in [0.5, 0.6) is 5.75 Å². The summed E-state index contributed by atoms with van der Waals surface area (Å²) in [6, 6.07) is 6.96. The number of allylic oxidation sites excluding steroid dienone is 3. The minimum atomic E-state index is -1.28. The Hall–Kier alpha value is -3.00. The van der Waals surface area contributed by atoms with E-state index < -0.39 is 109 Å². The standard InChI is InChI=1S/C47H76N2O14/c1-13-37-32(25-59-47-45(57-12)44(56-11)41(54)30(6)61-47)21-26(2)17-18-35(50)27(3)22-31(19-20-58-34-16-14-15-33(23-34)48(7)8)43(28(4)36(51)24-38(52)62-37)63-46-42(55)39(49(9)10)40(53)29(5)60-46/h14-18,21,23,27-32,36-37,39-47,51,53-55H,13,19-20,22,24-25H2,1-12H3/b18-17+,26-21+/t27-,28+,29-,30-,31+,32-,36-,37-,39+,40-,41-,42-,43-,44-,45-,46+,47-/m1/s1. The van der Waals surface area contributed by atoms with Crippen LogP contribution < -0.4 is 9.64 Å². The zero-order valence-corrected chi connectivity index (χ0v) is 39.4. The van der Waals surface area contributed by atoms with Crippen LogP contribution in [0.1, 0.15) is 67.2 Å². The number of hydrogen-bond acceptors (Lipinski definition) is 16. The van der Waals surface area contributed by atoms with Crippen molar-refractivity contribution in [3.63, 3.8) is 0 Å². The number of cyclic esters (lactones) is 1. The molecular formula is C47H76N2O14. The number of likely N-dealkylation sites (N-methyl/N-ethyl adjacent to an activating group) is 1. The van der Waals surface area contributed by atoms with Gasteiger partial charge in [0.05, 0.1) is 56.2 Å². The van der Waals surface area contributed by atoms with Crippen molar-refractivity contribution < 1.29 is 67.9 Å². The maximum absolute atomic E-state index is 14.0. The van der Waals surface area contributed by atoms with Crippen LogP contribution in [0, 0.1) is 23.7 Å². The number of nitrogens with zero attached hydrogens (tertiary/aromatic N) is 2. The van der Waals surface area contributed by atoms with Gasteiger partial charge in [-0.2, -0.15) is 0 Å². The first-order chi connectivity index (χ1) is 29.8. The lowest BCUT2D eigenvalue weighted by Crippen LogP contribution is -2.63. The van der Waals surface area contributed by atoms with E-state index in [4.69, 9.17) is 37.9 Å². The SMILES string of the molecule is CC[C@H]1OC(=O)C[C@@H](O)[C@H](C)[C@@H](O[C@@H]2O[C@H](C)[C@@H](O)[C@H](N(C)C)[C@H]2O)[C@@H](CCOc2cccc(N(C)C)c2)C[C@@H](C)C(=O)/C=C/C(C)=C/[C@@H]1CO[C@@H]1O[C@H](C)[C@@H](O)[C@@H](OC)[C@H]1OC. The van der Waals surface area contributed by atoms with E-state index in [0.29, 0.717) is 25.0 Å². The Morgan fingerprint density at radius 2 is 1.51 bits per heavy atom. The molecule has 16 heteroatoms. The molecule has 3 heterocycles. The highest BCUT2D eigenvalue weighted by Crippen LogP contribution is 2.35. The van der Waals surface area contributed by atoms with Crippen LogP contribution in [0.15, 0.2) is 48.1 Å². The smallest absolute Gasteiger partial charge is 0.308 e. The normalized spacial score (nSPS) is 39.0. The van der Waals surface area contributed by atoms with Crippen molar-refractivity contribution in [2.24, 2.45) is 23.7 Å². The van der Waals surface area contributed by atoms with Crippen LogP contribution in [0.4, 0.5) is 5.69 Å². The maximum Gasteiger partial charge on any atom is 0.308 e. The zero-order chi connectivity index (χ0) is 46.7. The largest absolute Gasteiger partial charge is 0.494 e. The maximum atomic E-state index is 14.0. The van der Waals surface area contributed by atoms with Crippen LogP contribution in [0.3, 0.4) is 0 Å². The predicted octanol–water partition coefficient (Wildman–Crippen LogP) is 3.51. The van der Waals surface area contributed by atoms with E-state index in [0.717, 1.165) is 11.3 Å². The van der Waals surface area contributed by atoms with Crippen LogP contribution in [-0.2, 0) is 42.7 Å². The third-order valence-electron chi connectivity index (χ3n) is 12.8. The third-order valence-corrected chi connectivity index (χ3v) is 12.8. The van der Waals surface area contributed by atoms with E-state index in [9.17, 15) is 30.0 Å². The quantitative estimate of drug-likeness (QED) is 0.198. The van der Waals surface area contributed by atoms with Crippen LogP contribution >= 0.6 is 0 Å². The fraction of sp³-hybridized carbons (Fsp3) is 0.745. The molecule has 17 atom stereocenters. The van der Waals surface area contributed by atoms with Gasteiger partial charge in [0.25, 0.3) is 0 Å². The Kier molecular flexibility index (Phi) is 20.5. The van der Waals surface area contributed by atoms with Crippen LogP contribution in [0.25, 0.3) is 0 Å². The van der Waals surface area contributed by atoms with Gasteiger partial charge in [-0.1, -0.05) is 44.6 Å². The molecule has 0 spiro atoms. The summed E-state index contributed by atoms with van der Waals surface area (Å²) in [4.78, 5) is 31.5. The van der Waals surface area contributed by atoms with Crippen molar-refractivity contribution in [1.82, 2.24) is 4.90 Å². The molecule has 63 heavy (non-hydrogen) atoms. The fourth-order valence-electron chi connectivity index (χ4n) is 8.87. The molecule has 16 nitrogen and oxygen atoms in total. The van der Waals surface area contributed by atoms with Gasteiger partial charge >= 0.3 is 5.97 Å². The highest BCUT2D eigenvalue weighted by molar-refractivity contribution is 5.91. The number of rotatable bonds is 14. The lowest BCUT2D eigenvalue weighted by atomic mass is 9.79. The zero-order valence-electron chi connectivity index (χ0n) is 39.4. The van der Waals surface area contributed by atoms with Gasteiger partial charge in [-0.25, -0.2) is 0 Å². The van der Waals surface area contributed by atoms with Gasteiger partial charge in [0, 0.05) is 57.8 Å². The Balaban J connectivity index is 1.69. The summed E-state index contributed by atoms with van der Waals surface area (Å²) in [7, 11) is 10.4. The Bertz CT molecular complexity index is 1640. The van der Waals surface area contributed by atoms with Gasteiger partial charge in [-0.3, -0.25) is 9.59 Å². The molecular weight excluding hydrogens is 817 g/mol. The first-order valence-electron chi connectivity index (χ1n) is 22.3. The first kappa shape index (κ1) is 52.6. The molecule has 0 unspecified atom stereocenters. The molecule has 3 aliphatic rings. The van der Waals surface area contributed by atoms with E-state index in [1.54, 1.807) is 45.8 Å². The van der Waals surface area contributed by atoms with E-state index in [2.05, 4.69) is 0 Å². The van der Waals surface area contributed by atoms with E-state index >= 15 is 0 Å². The lowest BCUT2D eigenvalue weighted by molar-refractivity contribution is -0.304. The number of benzene rings is 1. The Morgan fingerprint density at radius 1 is 0.841 bits per heavy atom.